The maximum Gasteiger partial charge on any atom is 0.252 e. The normalized spacial score (nSPS) is 17.0. The molecule has 1 N–H and O–H groups in total. The van der Waals surface area contributed by atoms with Crippen LogP contribution in [-0.4, -0.2) is 51.2 Å². The number of ether oxygens (including phenoxy) is 2. The summed E-state index contributed by atoms with van der Waals surface area (Å²) >= 11 is 0. The minimum atomic E-state index is -0.171. The predicted octanol–water partition coefficient (Wildman–Crippen LogP) is 4.55. The third-order valence-electron chi connectivity index (χ3n) is 6.66. The van der Waals surface area contributed by atoms with Gasteiger partial charge in [-0.05, 0) is 68.0 Å². The Bertz CT molecular complexity index is 1030. The van der Waals surface area contributed by atoms with Crippen LogP contribution in [0.2, 0.25) is 0 Å². The van der Waals surface area contributed by atoms with Gasteiger partial charge in [0.15, 0.2) is 11.5 Å². The van der Waals surface area contributed by atoms with Crippen LogP contribution < -0.4 is 19.7 Å². The van der Waals surface area contributed by atoms with E-state index in [-0.39, 0.29) is 11.9 Å². The van der Waals surface area contributed by atoms with Crippen LogP contribution >= 0.6 is 0 Å². The first-order valence-electron chi connectivity index (χ1n) is 11.7. The van der Waals surface area contributed by atoms with Crippen molar-refractivity contribution in [3.8, 4) is 11.5 Å². The van der Waals surface area contributed by atoms with E-state index < -0.39 is 0 Å². The van der Waals surface area contributed by atoms with Gasteiger partial charge in [-0.1, -0.05) is 18.7 Å². The van der Waals surface area contributed by atoms with E-state index in [9.17, 15) is 4.79 Å². The fourth-order valence-electron chi connectivity index (χ4n) is 4.04. The van der Waals surface area contributed by atoms with Gasteiger partial charge in [0.25, 0.3) is 5.91 Å². The molecule has 0 spiro atoms. The standard InChI is InChI=1S/C27H35N3O3/c1-18-6-10-23(30-13-12-29(4)19(2)16-30)15-24(18)27(31)28-20(3)22-9-11-25(26(14-22)32-5)33-17-21-7-8-21/h6,9-11,14-15,20-21H,2,7-8,12-13,16-17H2,1,3-5H3,(H,28,31)/t20-/m1/s1. The molecule has 0 radical (unpaired) electrons. The molecule has 0 aromatic heterocycles. The van der Waals surface area contributed by atoms with Crippen LogP contribution in [0.25, 0.3) is 0 Å². The number of rotatable bonds is 8. The summed E-state index contributed by atoms with van der Waals surface area (Å²) in [5, 5.41) is 3.15. The molecule has 1 aliphatic heterocycles. The Kier molecular flexibility index (Phi) is 6.82. The molecular formula is C27H35N3O3. The largest absolute Gasteiger partial charge is 0.493 e. The fraction of sp³-hybridized carbons (Fsp3) is 0.444. The second-order valence-corrected chi connectivity index (χ2v) is 9.27. The number of piperazine rings is 1. The van der Waals surface area contributed by atoms with Crippen LogP contribution in [-0.2, 0) is 0 Å². The minimum absolute atomic E-state index is 0.0807. The van der Waals surface area contributed by atoms with Crippen LogP contribution in [0.3, 0.4) is 0 Å². The van der Waals surface area contributed by atoms with Gasteiger partial charge in [-0.2, -0.15) is 0 Å². The van der Waals surface area contributed by atoms with Gasteiger partial charge in [0.05, 0.1) is 26.3 Å². The van der Waals surface area contributed by atoms with Crippen LogP contribution in [0.15, 0.2) is 48.7 Å². The summed E-state index contributed by atoms with van der Waals surface area (Å²) in [5.41, 5.74) is 4.76. The van der Waals surface area contributed by atoms with Crippen LogP contribution in [0.5, 0.6) is 11.5 Å². The number of hydrogen-bond acceptors (Lipinski definition) is 5. The highest BCUT2D eigenvalue weighted by molar-refractivity contribution is 5.96. The summed E-state index contributed by atoms with van der Waals surface area (Å²) < 4.78 is 11.5. The molecule has 1 atom stereocenters. The molecule has 1 saturated carbocycles. The Labute approximate surface area is 197 Å². The third-order valence-corrected chi connectivity index (χ3v) is 6.66. The van der Waals surface area contributed by atoms with Crippen molar-refractivity contribution in [2.75, 3.05) is 45.3 Å². The highest BCUT2D eigenvalue weighted by Crippen LogP contribution is 2.34. The maximum atomic E-state index is 13.2. The fourth-order valence-corrected chi connectivity index (χ4v) is 4.04. The van der Waals surface area contributed by atoms with Crippen molar-refractivity contribution in [3.05, 3.63) is 65.4 Å². The molecule has 1 saturated heterocycles. The Morgan fingerprint density at radius 3 is 2.67 bits per heavy atom. The molecule has 1 amide bonds. The number of nitrogens with zero attached hydrogens (tertiary/aromatic N) is 2. The first kappa shape index (κ1) is 23.0. The topological polar surface area (TPSA) is 54.0 Å². The lowest BCUT2D eigenvalue weighted by molar-refractivity contribution is 0.0939. The van der Waals surface area contributed by atoms with Gasteiger partial charge >= 0.3 is 0 Å². The molecule has 2 fully saturated rings. The number of likely N-dealkylation sites (N-methyl/N-ethyl adjacent to an activating group) is 1. The number of anilines is 1. The van der Waals surface area contributed by atoms with Crippen molar-refractivity contribution >= 4 is 11.6 Å². The van der Waals surface area contributed by atoms with Gasteiger partial charge in [-0.15, -0.1) is 0 Å². The van der Waals surface area contributed by atoms with Crippen molar-refractivity contribution in [2.24, 2.45) is 5.92 Å². The SMILES string of the molecule is C=C1CN(c2ccc(C)c(C(=O)N[C@H](C)c3ccc(OCC4CC4)c(OC)c3)c2)CCN1C. The molecule has 2 aromatic carbocycles. The van der Waals surface area contributed by atoms with Gasteiger partial charge in [0.1, 0.15) is 0 Å². The average Bonchev–Trinajstić information content (AvgIpc) is 3.64. The highest BCUT2D eigenvalue weighted by atomic mass is 16.5. The van der Waals surface area contributed by atoms with Crippen molar-refractivity contribution in [1.82, 2.24) is 10.2 Å². The summed E-state index contributed by atoms with van der Waals surface area (Å²) in [6, 6.07) is 11.8. The van der Waals surface area contributed by atoms with Crippen molar-refractivity contribution in [2.45, 2.75) is 32.7 Å². The number of carbonyl (C=O) groups is 1. The van der Waals surface area contributed by atoms with Gasteiger partial charge in [0, 0.05) is 37.1 Å². The molecule has 4 rings (SSSR count). The van der Waals surface area contributed by atoms with E-state index in [0.717, 1.165) is 54.5 Å². The Morgan fingerprint density at radius 1 is 1.18 bits per heavy atom. The van der Waals surface area contributed by atoms with Gasteiger partial charge in [-0.3, -0.25) is 4.79 Å². The summed E-state index contributed by atoms with van der Waals surface area (Å²) in [5.74, 6) is 2.05. The Morgan fingerprint density at radius 2 is 1.97 bits per heavy atom. The number of amides is 1. The first-order chi connectivity index (χ1) is 15.9. The molecule has 2 aromatic rings. The van der Waals surface area contributed by atoms with E-state index >= 15 is 0 Å². The number of carbonyl (C=O) groups excluding carboxylic acids is 1. The number of methoxy groups -OCH3 is 1. The minimum Gasteiger partial charge on any atom is -0.493 e. The quantitative estimate of drug-likeness (QED) is 0.641. The number of benzene rings is 2. The van der Waals surface area contributed by atoms with Crippen LogP contribution in [0.4, 0.5) is 5.69 Å². The third kappa shape index (κ3) is 5.44. The zero-order valence-corrected chi connectivity index (χ0v) is 20.2. The lowest BCUT2D eigenvalue weighted by Gasteiger charge is -2.37. The molecule has 1 aliphatic carbocycles. The van der Waals surface area contributed by atoms with Crippen LogP contribution in [0.1, 0.15) is 47.3 Å². The Balaban J connectivity index is 1.45. The lowest BCUT2D eigenvalue weighted by Crippen LogP contribution is -2.42. The monoisotopic (exact) mass is 449 g/mol. The van der Waals surface area contributed by atoms with E-state index in [1.54, 1.807) is 7.11 Å². The van der Waals surface area contributed by atoms with E-state index in [1.807, 2.05) is 44.2 Å². The van der Waals surface area contributed by atoms with Gasteiger partial charge in [-0.25, -0.2) is 0 Å². The van der Waals surface area contributed by atoms with Crippen molar-refractivity contribution in [3.63, 3.8) is 0 Å². The summed E-state index contributed by atoms with van der Waals surface area (Å²) in [6.45, 7) is 11.4. The van der Waals surface area contributed by atoms with E-state index in [0.29, 0.717) is 17.2 Å². The summed E-state index contributed by atoms with van der Waals surface area (Å²) in [4.78, 5) is 17.6. The molecule has 176 valence electrons. The number of nitrogens with one attached hydrogen (secondary N) is 1. The molecule has 2 aliphatic rings. The van der Waals surface area contributed by atoms with Crippen molar-refractivity contribution < 1.29 is 14.3 Å². The Hall–Kier alpha value is -3.15. The van der Waals surface area contributed by atoms with Crippen LogP contribution in [0, 0.1) is 12.8 Å². The number of aryl methyl sites for hydroxylation is 1. The van der Waals surface area contributed by atoms with E-state index in [4.69, 9.17) is 9.47 Å². The zero-order chi connectivity index (χ0) is 23.5. The zero-order valence-electron chi connectivity index (χ0n) is 20.2. The molecule has 0 unspecified atom stereocenters. The molecule has 1 heterocycles. The molecule has 33 heavy (non-hydrogen) atoms. The lowest BCUT2D eigenvalue weighted by atomic mass is 10.0. The second kappa shape index (κ2) is 9.77. The highest BCUT2D eigenvalue weighted by Gasteiger charge is 2.23. The summed E-state index contributed by atoms with van der Waals surface area (Å²) in [7, 11) is 3.71. The predicted molar refractivity (Wildman–Crippen MR) is 132 cm³/mol. The van der Waals surface area contributed by atoms with Crippen molar-refractivity contribution in [1.29, 1.82) is 0 Å². The van der Waals surface area contributed by atoms with E-state index in [1.165, 1.54) is 12.8 Å². The first-order valence-corrected chi connectivity index (χ1v) is 11.7. The molecule has 6 nitrogen and oxygen atoms in total. The van der Waals surface area contributed by atoms with E-state index in [2.05, 4.69) is 34.8 Å². The van der Waals surface area contributed by atoms with Gasteiger partial charge < -0.3 is 24.6 Å². The second-order valence-electron chi connectivity index (χ2n) is 9.27. The molecule has 0 bridgehead atoms. The summed E-state index contributed by atoms with van der Waals surface area (Å²) in [6.07, 6.45) is 2.49. The molecule has 6 heteroatoms. The average molecular weight is 450 g/mol. The van der Waals surface area contributed by atoms with Gasteiger partial charge in [0.2, 0.25) is 0 Å². The molecular weight excluding hydrogens is 414 g/mol. The smallest absolute Gasteiger partial charge is 0.252 e. The number of hydrogen-bond donors (Lipinski definition) is 1. The maximum absolute atomic E-state index is 13.2.